The molecule has 0 saturated carbocycles. The number of piperidine rings is 1. The summed E-state index contributed by atoms with van der Waals surface area (Å²) < 4.78 is 18.9. The quantitative estimate of drug-likeness (QED) is 0.844. The molecule has 2 atom stereocenters. The lowest BCUT2D eigenvalue weighted by atomic mass is 9.91. The van der Waals surface area contributed by atoms with Gasteiger partial charge >= 0.3 is 0 Å². The minimum Gasteiger partial charge on any atom is -0.497 e. The smallest absolute Gasteiger partial charge is 0.131 e. The summed E-state index contributed by atoms with van der Waals surface area (Å²) in [4.78, 5) is 0. The van der Waals surface area contributed by atoms with Crippen LogP contribution in [-0.2, 0) is 0 Å². The molecule has 0 amide bonds. The second-order valence-electron chi connectivity index (χ2n) is 4.53. The van der Waals surface area contributed by atoms with Crippen LogP contribution in [0.5, 0.6) is 5.75 Å². The summed E-state index contributed by atoms with van der Waals surface area (Å²) in [5, 5.41) is 3.35. The minimum absolute atomic E-state index is 0.101. The molecule has 1 aliphatic heterocycles. The second-order valence-corrected chi connectivity index (χ2v) is 4.53. The number of halogens is 1. The van der Waals surface area contributed by atoms with Crippen molar-refractivity contribution in [3.8, 4) is 5.75 Å². The van der Waals surface area contributed by atoms with Gasteiger partial charge in [-0.05, 0) is 37.9 Å². The van der Waals surface area contributed by atoms with Gasteiger partial charge in [0.25, 0.3) is 0 Å². The van der Waals surface area contributed by atoms with E-state index in [-0.39, 0.29) is 11.9 Å². The Labute approximate surface area is 101 Å². The minimum atomic E-state index is -0.201. The van der Waals surface area contributed by atoms with Crippen LogP contribution in [0.25, 0.3) is 0 Å². The molecule has 4 heteroatoms. The van der Waals surface area contributed by atoms with E-state index in [0.29, 0.717) is 18.2 Å². The molecule has 0 bridgehead atoms. The fourth-order valence-electron chi connectivity index (χ4n) is 2.30. The third-order valence-electron chi connectivity index (χ3n) is 3.43. The highest BCUT2D eigenvalue weighted by atomic mass is 19.1. The molecule has 1 saturated heterocycles. The second kappa shape index (κ2) is 5.47. The number of rotatable bonds is 3. The van der Waals surface area contributed by atoms with E-state index in [0.717, 1.165) is 24.9 Å². The first-order valence-electron chi connectivity index (χ1n) is 6.01. The number of methoxy groups -OCH3 is 1. The third-order valence-corrected chi connectivity index (χ3v) is 3.43. The van der Waals surface area contributed by atoms with Crippen LogP contribution >= 0.6 is 0 Å². The van der Waals surface area contributed by atoms with Crippen LogP contribution in [0.4, 0.5) is 4.39 Å². The molecule has 2 unspecified atom stereocenters. The number of nitrogens with two attached hydrogens (primary N) is 1. The molecular weight excluding hydrogens is 219 g/mol. The van der Waals surface area contributed by atoms with Crippen molar-refractivity contribution < 1.29 is 9.13 Å². The molecule has 1 fully saturated rings. The van der Waals surface area contributed by atoms with Crippen LogP contribution in [0.15, 0.2) is 18.2 Å². The van der Waals surface area contributed by atoms with E-state index in [2.05, 4.69) is 5.32 Å². The molecule has 0 aromatic heterocycles. The molecule has 1 aromatic carbocycles. The zero-order chi connectivity index (χ0) is 12.3. The number of ether oxygens (including phenoxy) is 1. The van der Waals surface area contributed by atoms with Gasteiger partial charge < -0.3 is 15.8 Å². The molecule has 17 heavy (non-hydrogen) atoms. The maximum atomic E-state index is 13.9. The fourth-order valence-corrected chi connectivity index (χ4v) is 2.30. The number of benzene rings is 1. The Bertz CT molecular complexity index is 376. The van der Waals surface area contributed by atoms with E-state index >= 15 is 0 Å². The molecule has 0 radical (unpaired) electrons. The summed E-state index contributed by atoms with van der Waals surface area (Å²) >= 11 is 0. The first-order chi connectivity index (χ1) is 8.24. The predicted molar refractivity (Wildman–Crippen MR) is 65.5 cm³/mol. The molecule has 94 valence electrons. The lowest BCUT2D eigenvalue weighted by molar-refractivity contribution is 0.314. The van der Waals surface area contributed by atoms with Gasteiger partial charge in [-0.25, -0.2) is 4.39 Å². The Morgan fingerprint density at radius 2 is 2.29 bits per heavy atom. The summed E-state index contributed by atoms with van der Waals surface area (Å²) in [5.41, 5.74) is 6.35. The first kappa shape index (κ1) is 12.3. The molecule has 1 aromatic rings. The van der Waals surface area contributed by atoms with E-state index in [1.807, 2.05) is 0 Å². The van der Waals surface area contributed by atoms with Gasteiger partial charge in [-0.1, -0.05) is 6.07 Å². The third kappa shape index (κ3) is 2.76. The zero-order valence-electron chi connectivity index (χ0n) is 10.1. The normalized spacial score (nSPS) is 24.6. The van der Waals surface area contributed by atoms with Gasteiger partial charge in [-0.2, -0.15) is 0 Å². The van der Waals surface area contributed by atoms with Gasteiger partial charge in [0.15, 0.2) is 0 Å². The molecule has 0 spiro atoms. The van der Waals surface area contributed by atoms with Crippen molar-refractivity contribution in [1.82, 2.24) is 5.32 Å². The molecule has 1 aliphatic rings. The lowest BCUT2D eigenvalue weighted by Gasteiger charge is -2.29. The topological polar surface area (TPSA) is 47.3 Å². The predicted octanol–water partition coefficient (Wildman–Crippen LogP) is 1.83. The Morgan fingerprint density at radius 3 is 2.82 bits per heavy atom. The standard InChI is InChI=1S/C13H19FN2O/c1-17-10-3-4-11(12(14)6-10)13-5-2-9(7-15)8-16-13/h3-4,6,9,13,16H,2,5,7-8,15H2,1H3. The van der Waals surface area contributed by atoms with Gasteiger partial charge in [0.1, 0.15) is 11.6 Å². The summed E-state index contributed by atoms with van der Waals surface area (Å²) in [7, 11) is 1.54. The Balaban J connectivity index is 2.08. The molecule has 3 nitrogen and oxygen atoms in total. The van der Waals surface area contributed by atoms with Crippen LogP contribution in [0.2, 0.25) is 0 Å². The fraction of sp³-hybridized carbons (Fsp3) is 0.538. The van der Waals surface area contributed by atoms with Crippen molar-refractivity contribution in [2.75, 3.05) is 20.2 Å². The van der Waals surface area contributed by atoms with Crippen molar-refractivity contribution >= 4 is 0 Å². The van der Waals surface area contributed by atoms with E-state index < -0.39 is 0 Å². The number of nitrogens with one attached hydrogen (secondary N) is 1. The summed E-state index contributed by atoms with van der Waals surface area (Å²) in [6.45, 7) is 1.57. The zero-order valence-corrected chi connectivity index (χ0v) is 10.1. The molecule has 0 aliphatic carbocycles. The van der Waals surface area contributed by atoms with Crippen LogP contribution in [-0.4, -0.2) is 20.2 Å². The van der Waals surface area contributed by atoms with E-state index in [1.165, 1.54) is 6.07 Å². The molecule has 1 heterocycles. The van der Waals surface area contributed by atoms with Crippen molar-refractivity contribution in [1.29, 1.82) is 0 Å². The lowest BCUT2D eigenvalue weighted by Crippen LogP contribution is -2.36. The van der Waals surface area contributed by atoms with Crippen LogP contribution in [0.3, 0.4) is 0 Å². The molecular formula is C13H19FN2O. The van der Waals surface area contributed by atoms with Gasteiger partial charge in [-0.3, -0.25) is 0 Å². The SMILES string of the molecule is COc1ccc(C2CCC(CN)CN2)c(F)c1. The number of hydrogen-bond acceptors (Lipinski definition) is 3. The summed E-state index contributed by atoms with van der Waals surface area (Å²) in [5.74, 6) is 0.877. The van der Waals surface area contributed by atoms with Gasteiger partial charge in [0, 0.05) is 17.7 Å². The highest BCUT2D eigenvalue weighted by Gasteiger charge is 2.22. The van der Waals surface area contributed by atoms with E-state index in [4.69, 9.17) is 10.5 Å². The van der Waals surface area contributed by atoms with Crippen molar-refractivity contribution in [3.63, 3.8) is 0 Å². The Morgan fingerprint density at radius 1 is 1.47 bits per heavy atom. The summed E-state index contributed by atoms with van der Waals surface area (Å²) in [6, 6.07) is 5.14. The Hall–Kier alpha value is -1.13. The average molecular weight is 238 g/mol. The largest absolute Gasteiger partial charge is 0.497 e. The first-order valence-corrected chi connectivity index (χ1v) is 6.01. The molecule has 3 N–H and O–H groups in total. The van der Waals surface area contributed by atoms with Gasteiger partial charge in [0.05, 0.1) is 7.11 Å². The van der Waals surface area contributed by atoms with Crippen LogP contribution in [0, 0.1) is 11.7 Å². The van der Waals surface area contributed by atoms with Crippen molar-refractivity contribution in [3.05, 3.63) is 29.6 Å². The van der Waals surface area contributed by atoms with E-state index in [1.54, 1.807) is 19.2 Å². The van der Waals surface area contributed by atoms with Gasteiger partial charge in [-0.15, -0.1) is 0 Å². The molecule has 2 rings (SSSR count). The maximum absolute atomic E-state index is 13.9. The van der Waals surface area contributed by atoms with Crippen molar-refractivity contribution in [2.45, 2.75) is 18.9 Å². The average Bonchev–Trinajstić information content (AvgIpc) is 2.39. The van der Waals surface area contributed by atoms with Gasteiger partial charge in [0.2, 0.25) is 0 Å². The monoisotopic (exact) mass is 238 g/mol. The summed E-state index contributed by atoms with van der Waals surface area (Å²) in [6.07, 6.45) is 1.99. The van der Waals surface area contributed by atoms with Crippen LogP contribution in [0.1, 0.15) is 24.4 Å². The van der Waals surface area contributed by atoms with Crippen molar-refractivity contribution in [2.24, 2.45) is 11.7 Å². The number of hydrogen-bond donors (Lipinski definition) is 2. The van der Waals surface area contributed by atoms with E-state index in [9.17, 15) is 4.39 Å². The Kier molecular flexibility index (Phi) is 3.97. The van der Waals surface area contributed by atoms with Crippen LogP contribution < -0.4 is 15.8 Å². The highest BCUT2D eigenvalue weighted by molar-refractivity contribution is 5.31. The highest BCUT2D eigenvalue weighted by Crippen LogP contribution is 2.28. The maximum Gasteiger partial charge on any atom is 0.131 e.